The maximum absolute atomic E-state index is 13.5. The number of hydrogen-bond acceptors (Lipinski definition) is 3. The summed E-state index contributed by atoms with van der Waals surface area (Å²) in [5.41, 5.74) is 0.491. The van der Waals surface area contributed by atoms with Gasteiger partial charge in [-0.15, -0.1) is 0 Å². The Morgan fingerprint density at radius 2 is 1.86 bits per heavy atom. The van der Waals surface area contributed by atoms with Crippen LogP contribution >= 0.6 is 23.2 Å². The molecule has 0 radical (unpaired) electrons. The SMILES string of the molecule is O=C1NCC(C(=O)NC(COc2ccc(F)c(Cl)c2)c2ccc(F)c(Cl)c2)N1. The number of nitrogens with one attached hydrogen (secondary N) is 3. The summed E-state index contributed by atoms with van der Waals surface area (Å²) < 4.78 is 32.4. The van der Waals surface area contributed by atoms with Gasteiger partial charge in [0.25, 0.3) is 0 Å². The summed E-state index contributed by atoms with van der Waals surface area (Å²) in [7, 11) is 0. The molecule has 1 aliphatic heterocycles. The fourth-order valence-electron chi connectivity index (χ4n) is 2.58. The first-order chi connectivity index (χ1) is 13.3. The van der Waals surface area contributed by atoms with Gasteiger partial charge in [-0.25, -0.2) is 13.6 Å². The number of halogens is 4. The molecule has 0 aliphatic carbocycles. The Bertz CT molecular complexity index is 914. The first kappa shape index (κ1) is 20.2. The zero-order valence-electron chi connectivity index (χ0n) is 14.3. The van der Waals surface area contributed by atoms with E-state index < -0.39 is 35.7 Å². The number of carbonyl (C=O) groups is 2. The summed E-state index contributed by atoms with van der Waals surface area (Å²) in [6, 6.07) is 5.92. The Hall–Kier alpha value is -2.58. The minimum absolute atomic E-state index is 0.0657. The van der Waals surface area contributed by atoms with Crippen LogP contribution in [0.4, 0.5) is 13.6 Å². The highest BCUT2D eigenvalue weighted by Gasteiger charge is 2.29. The third-order valence-corrected chi connectivity index (χ3v) is 4.64. The van der Waals surface area contributed by atoms with E-state index in [0.717, 1.165) is 6.07 Å². The largest absolute Gasteiger partial charge is 0.491 e. The van der Waals surface area contributed by atoms with Gasteiger partial charge in [0.2, 0.25) is 5.91 Å². The van der Waals surface area contributed by atoms with E-state index in [9.17, 15) is 18.4 Å². The van der Waals surface area contributed by atoms with Crippen LogP contribution in [0, 0.1) is 11.6 Å². The molecule has 3 amide bonds. The van der Waals surface area contributed by atoms with Crippen LogP contribution < -0.4 is 20.7 Å². The second-order valence-corrected chi connectivity index (χ2v) is 6.84. The Labute approximate surface area is 169 Å². The third kappa shape index (κ3) is 4.82. The molecule has 0 bridgehead atoms. The van der Waals surface area contributed by atoms with Crippen molar-refractivity contribution in [1.82, 2.24) is 16.0 Å². The van der Waals surface area contributed by atoms with Gasteiger partial charge in [0.05, 0.1) is 16.1 Å². The van der Waals surface area contributed by atoms with Crippen molar-refractivity contribution in [2.75, 3.05) is 13.2 Å². The van der Waals surface area contributed by atoms with E-state index in [-0.39, 0.29) is 28.9 Å². The summed E-state index contributed by atoms with van der Waals surface area (Å²) in [6.07, 6.45) is 0. The molecule has 1 aliphatic rings. The fraction of sp³-hybridized carbons (Fsp3) is 0.222. The zero-order chi connectivity index (χ0) is 20.3. The van der Waals surface area contributed by atoms with Crippen molar-refractivity contribution in [3.8, 4) is 5.75 Å². The molecule has 2 aromatic carbocycles. The molecule has 3 N–H and O–H groups in total. The molecule has 3 rings (SSSR count). The van der Waals surface area contributed by atoms with Crippen molar-refractivity contribution in [3.63, 3.8) is 0 Å². The Morgan fingerprint density at radius 1 is 1.18 bits per heavy atom. The van der Waals surface area contributed by atoms with Gasteiger partial charge < -0.3 is 20.7 Å². The molecular formula is C18H15Cl2F2N3O3. The van der Waals surface area contributed by atoms with Crippen molar-refractivity contribution in [2.45, 2.75) is 12.1 Å². The fourth-order valence-corrected chi connectivity index (χ4v) is 2.94. The van der Waals surface area contributed by atoms with Crippen molar-refractivity contribution < 1.29 is 23.1 Å². The highest BCUT2D eigenvalue weighted by molar-refractivity contribution is 6.31. The molecule has 2 atom stereocenters. The molecule has 0 spiro atoms. The highest BCUT2D eigenvalue weighted by Crippen LogP contribution is 2.25. The first-order valence-electron chi connectivity index (χ1n) is 8.21. The summed E-state index contributed by atoms with van der Waals surface area (Å²) in [4.78, 5) is 23.7. The number of hydrogen-bond donors (Lipinski definition) is 3. The average molecular weight is 430 g/mol. The maximum Gasteiger partial charge on any atom is 0.315 e. The standard InChI is InChI=1S/C18H15Cl2F2N3O3/c19-11-5-9(1-3-13(11)21)16(24-17(26)15-7-23-18(27)25-15)8-28-10-2-4-14(22)12(20)6-10/h1-6,15-16H,7-8H2,(H,24,26)(H2,23,25,27). The third-order valence-electron chi connectivity index (χ3n) is 4.06. The number of carbonyl (C=O) groups excluding carboxylic acids is 2. The predicted molar refractivity (Wildman–Crippen MR) is 99.5 cm³/mol. The van der Waals surface area contributed by atoms with Gasteiger partial charge in [0.1, 0.15) is 30.0 Å². The summed E-state index contributed by atoms with van der Waals surface area (Å²) in [6.45, 7) is 0.0692. The van der Waals surface area contributed by atoms with Gasteiger partial charge in [-0.05, 0) is 29.8 Å². The predicted octanol–water partition coefficient (Wildman–Crippen LogP) is 3.19. The van der Waals surface area contributed by atoms with Crippen molar-refractivity contribution in [1.29, 1.82) is 0 Å². The van der Waals surface area contributed by atoms with E-state index in [1.165, 1.54) is 30.3 Å². The van der Waals surface area contributed by atoms with E-state index in [0.29, 0.717) is 5.56 Å². The average Bonchev–Trinajstić information content (AvgIpc) is 3.10. The molecule has 10 heteroatoms. The second-order valence-electron chi connectivity index (χ2n) is 6.03. The summed E-state index contributed by atoms with van der Waals surface area (Å²) >= 11 is 11.6. The lowest BCUT2D eigenvalue weighted by molar-refractivity contribution is -0.123. The van der Waals surface area contributed by atoms with Gasteiger partial charge in [-0.3, -0.25) is 4.79 Å². The molecule has 0 saturated carbocycles. The molecule has 28 heavy (non-hydrogen) atoms. The lowest BCUT2D eigenvalue weighted by Gasteiger charge is -2.22. The second kappa shape index (κ2) is 8.62. The number of rotatable bonds is 6. The molecule has 1 saturated heterocycles. The summed E-state index contributed by atoms with van der Waals surface area (Å²) in [5.74, 6) is -1.36. The van der Waals surface area contributed by atoms with Crippen LogP contribution in [-0.2, 0) is 4.79 Å². The lowest BCUT2D eigenvalue weighted by Crippen LogP contribution is -2.45. The maximum atomic E-state index is 13.5. The van der Waals surface area contributed by atoms with Gasteiger partial charge in [0.15, 0.2) is 0 Å². The van der Waals surface area contributed by atoms with Gasteiger partial charge in [0, 0.05) is 12.6 Å². The smallest absolute Gasteiger partial charge is 0.315 e. The monoisotopic (exact) mass is 429 g/mol. The molecule has 1 fully saturated rings. The van der Waals surface area contributed by atoms with E-state index in [1.807, 2.05) is 0 Å². The van der Waals surface area contributed by atoms with E-state index >= 15 is 0 Å². The Balaban J connectivity index is 1.76. The van der Waals surface area contributed by atoms with Crippen molar-refractivity contribution in [2.24, 2.45) is 0 Å². The number of ether oxygens (including phenoxy) is 1. The first-order valence-corrected chi connectivity index (χ1v) is 8.96. The van der Waals surface area contributed by atoms with Crippen molar-refractivity contribution in [3.05, 3.63) is 63.6 Å². The normalized spacial score (nSPS) is 16.9. The molecule has 0 aromatic heterocycles. The Morgan fingerprint density at radius 3 is 2.46 bits per heavy atom. The van der Waals surface area contributed by atoms with Crippen LogP contribution in [-0.4, -0.2) is 31.1 Å². The van der Waals surface area contributed by atoms with Crippen LogP contribution in [0.2, 0.25) is 10.0 Å². The van der Waals surface area contributed by atoms with Crippen LogP contribution in [0.25, 0.3) is 0 Å². The number of benzene rings is 2. The van der Waals surface area contributed by atoms with Crippen LogP contribution in [0.5, 0.6) is 5.75 Å². The van der Waals surface area contributed by atoms with Gasteiger partial charge >= 0.3 is 6.03 Å². The lowest BCUT2D eigenvalue weighted by atomic mass is 10.1. The molecule has 6 nitrogen and oxygen atoms in total. The minimum atomic E-state index is -0.758. The molecular weight excluding hydrogens is 415 g/mol. The van der Waals surface area contributed by atoms with Crippen molar-refractivity contribution >= 4 is 35.1 Å². The Kier molecular flexibility index (Phi) is 6.21. The van der Waals surface area contributed by atoms with E-state index in [1.54, 1.807) is 0 Å². The number of amides is 3. The molecule has 1 heterocycles. The quantitative estimate of drug-likeness (QED) is 0.659. The molecule has 2 unspecified atom stereocenters. The van der Waals surface area contributed by atoms with Gasteiger partial charge in [-0.2, -0.15) is 0 Å². The minimum Gasteiger partial charge on any atom is -0.491 e. The van der Waals surface area contributed by atoms with E-state index in [2.05, 4.69) is 16.0 Å². The van der Waals surface area contributed by atoms with Gasteiger partial charge in [-0.1, -0.05) is 29.3 Å². The van der Waals surface area contributed by atoms with Crippen LogP contribution in [0.1, 0.15) is 11.6 Å². The topological polar surface area (TPSA) is 79.5 Å². The van der Waals surface area contributed by atoms with Crippen LogP contribution in [0.15, 0.2) is 36.4 Å². The van der Waals surface area contributed by atoms with E-state index in [4.69, 9.17) is 27.9 Å². The number of urea groups is 1. The highest BCUT2D eigenvalue weighted by atomic mass is 35.5. The zero-order valence-corrected chi connectivity index (χ0v) is 15.8. The molecule has 148 valence electrons. The summed E-state index contributed by atoms with van der Waals surface area (Å²) in [5, 5.41) is 7.47. The van der Waals surface area contributed by atoms with Crippen LogP contribution in [0.3, 0.4) is 0 Å². The molecule has 2 aromatic rings.